The van der Waals surface area contributed by atoms with Crippen molar-refractivity contribution in [2.45, 2.75) is 45.7 Å². The van der Waals surface area contributed by atoms with Crippen LogP contribution < -0.4 is 10.2 Å². The van der Waals surface area contributed by atoms with E-state index in [0.717, 1.165) is 6.42 Å². The van der Waals surface area contributed by atoms with Crippen molar-refractivity contribution in [3.05, 3.63) is 101 Å². The minimum atomic E-state index is -0.319. The van der Waals surface area contributed by atoms with Crippen LogP contribution in [0.3, 0.4) is 0 Å². The first-order valence-electron chi connectivity index (χ1n) is 11.4. The lowest BCUT2D eigenvalue weighted by atomic mass is 9.92. The Labute approximate surface area is 215 Å². The van der Waals surface area contributed by atoms with Gasteiger partial charge < -0.3 is 15.0 Å². The van der Waals surface area contributed by atoms with Crippen molar-refractivity contribution in [2.24, 2.45) is 0 Å². The van der Waals surface area contributed by atoms with Crippen LogP contribution in [0.1, 0.15) is 55.6 Å². The van der Waals surface area contributed by atoms with Crippen LogP contribution in [0.4, 0.5) is 10.1 Å². The van der Waals surface area contributed by atoms with Crippen molar-refractivity contribution in [1.29, 1.82) is 0 Å². The molecule has 0 amide bonds. The lowest BCUT2D eigenvalue weighted by Crippen LogP contribution is -2.38. The number of hydrogen-bond acceptors (Lipinski definition) is 4. The summed E-state index contributed by atoms with van der Waals surface area (Å²) < 4.78 is 12.1. The second-order valence-corrected chi connectivity index (χ2v) is 8.32. The summed E-state index contributed by atoms with van der Waals surface area (Å²) in [6, 6.07) is 15.2. The van der Waals surface area contributed by atoms with Crippen LogP contribution in [-0.2, 0) is 4.79 Å². The van der Waals surface area contributed by atoms with Crippen molar-refractivity contribution in [3.8, 4) is 0 Å². The van der Waals surface area contributed by atoms with Crippen LogP contribution in [0.5, 0.6) is 0 Å². The molecule has 4 nitrogen and oxygen atoms in total. The number of nitrogens with one attached hydrogen (secondary N) is 1. The van der Waals surface area contributed by atoms with Crippen LogP contribution in [0.15, 0.2) is 83.9 Å². The Morgan fingerprint density at radius 2 is 1.77 bits per heavy atom. The maximum Gasteiger partial charge on any atom is 0.150 e. The van der Waals surface area contributed by atoms with Crippen molar-refractivity contribution in [1.82, 2.24) is 5.32 Å². The predicted octanol–water partition coefficient (Wildman–Crippen LogP) is 7.28. The van der Waals surface area contributed by atoms with Gasteiger partial charge >= 0.3 is 0 Å². The fourth-order valence-corrected chi connectivity index (χ4v) is 3.25. The molecule has 0 fully saturated rings. The Balaban J connectivity index is 0.000000493. The molecule has 0 spiro atoms. The zero-order valence-corrected chi connectivity index (χ0v) is 22.2. The Bertz CT molecular complexity index is 942. The average Bonchev–Trinajstić information content (AvgIpc) is 2.91. The molecule has 1 aliphatic rings. The van der Waals surface area contributed by atoms with E-state index in [1.54, 1.807) is 6.08 Å². The first kappa shape index (κ1) is 32.0. The highest BCUT2D eigenvalue weighted by Gasteiger charge is 2.26. The number of hydrogen-bond donors (Lipinski definition) is 1. The van der Waals surface area contributed by atoms with Gasteiger partial charge in [0.1, 0.15) is 18.9 Å². The van der Waals surface area contributed by atoms with Gasteiger partial charge in [-0.25, -0.2) is 4.39 Å². The van der Waals surface area contributed by atoms with Gasteiger partial charge in [-0.15, -0.1) is 0 Å². The van der Waals surface area contributed by atoms with Crippen molar-refractivity contribution in [3.63, 3.8) is 0 Å². The first-order valence-corrected chi connectivity index (χ1v) is 11.8. The number of para-hydroxylation sites is 1. The van der Waals surface area contributed by atoms with Gasteiger partial charge in [-0.2, -0.15) is 0 Å². The van der Waals surface area contributed by atoms with Gasteiger partial charge in [-0.1, -0.05) is 61.0 Å². The highest BCUT2D eigenvalue weighted by atomic mass is 35.5. The molecule has 0 saturated heterocycles. The van der Waals surface area contributed by atoms with Crippen LogP contribution in [0.25, 0.3) is 0 Å². The Morgan fingerprint density at radius 3 is 2.29 bits per heavy atom. The lowest BCUT2D eigenvalue weighted by molar-refractivity contribution is -0.0980. The van der Waals surface area contributed by atoms with Crippen LogP contribution in [0, 0.1) is 5.82 Å². The number of rotatable bonds is 5. The molecule has 1 aliphatic heterocycles. The number of carbonyl (C=O) groups excluding carboxylic acids is 2. The molecule has 0 saturated carbocycles. The summed E-state index contributed by atoms with van der Waals surface area (Å²) in [7, 11) is 4.22. The number of fused-ring (bicyclic) bond motifs is 1. The molecule has 6 heteroatoms. The van der Waals surface area contributed by atoms with E-state index >= 15 is 0 Å². The van der Waals surface area contributed by atoms with E-state index in [-0.39, 0.29) is 5.82 Å². The molecule has 35 heavy (non-hydrogen) atoms. The molecular weight excluding hydrogens is 463 g/mol. The molecule has 0 aliphatic carbocycles. The molecular formula is C29H38ClFN2O2. The van der Waals surface area contributed by atoms with Gasteiger partial charge in [-0.3, -0.25) is 4.79 Å². The number of carbonyl (C=O) groups is 2. The highest BCUT2D eigenvalue weighted by Crippen LogP contribution is 2.35. The third-order valence-electron chi connectivity index (χ3n) is 5.56. The summed E-state index contributed by atoms with van der Waals surface area (Å²) in [6.07, 6.45) is 8.42. The number of nitrogens with zero attached hydrogens (tertiary/aromatic N) is 1. The summed E-state index contributed by atoms with van der Waals surface area (Å²) in [5.74, 6) is -0.319. The Kier molecular flexibility index (Phi) is 16.7. The third-order valence-corrected chi connectivity index (χ3v) is 5.84. The van der Waals surface area contributed by atoms with Gasteiger partial charge in [0.05, 0.1) is 0 Å². The average molecular weight is 501 g/mol. The second-order valence-electron chi connectivity index (χ2n) is 7.89. The molecule has 2 unspecified atom stereocenters. The molecule has 0 radical (unpaired) electrons. The van der Waals surface area contributed by atoms with Gasteiger partial charge in [0.2, 0.25) is 0 Å². The third kappa shape index (κ3) is 11.8. The summed E-state index contributed by atoms with van der Waals surface area (Å²) in [5.41, 5.74) is 4.61. The molecule has 1 N–H and O–H groups in total. The highest BCUT2D eigenvalue weighted by molar-refractivity contribution is 6.31. The van der Waals surface area contributed by atoms with E-state index in [2.05, 4.69) is 68.9 Å². The fourth-order valence-electron chi connectivity index (χ4n) is 3.19. The summed E-state index contributed by atoms with van der Waals surface area (Å²) in [5, 5.41) is 4.07. The molecule has 2 aromatic carbocycles. The number of benzene rings is 2. The normalized spacial score (nSPS) is 16.7. The van der Waals surface area contributed by atoms with Crippen molar-refractivity contribution in [2.75, 3.05) is 19.0 Å². The lowest BCUT2D eigenvalue weighted by Gasteiger charge is -2.38. The van der Waals surface area contributed by atoms with Crippen LogP contribution in [-0.4, -0.2) is 33.2 Å². The van der Waals surface area contributed by atoms with Gasteiger partial charge in [-0.05, 0) is 75.7 Å². The van der Waals surface area contributed by atoms with E-state index < -0.39 is 0 Å². The molecule has 1 heterocycles. The quantitative estimate of drug-likeness (QED) is 0.346. The van der Waals surface area contributed by atoms with Crippen molar-refractivity contribution >= 4 is 30.4 Å². The topological polar surface area (TPSA) is 49.4 Å². The minimum absolute atomic E-state index is 0.319. The summed E-state index contributed by atoms with van der Waals surface area (Å²) >= 11 is 5.66. The number of aldehydes is 1. The largest absolute Gasteiger partial charge is 0.372 e. The van der Waals surface area contributed by atoms with E-state index in [1.807, 2.05) is 26.0 Å². The monoisotopic (exact) mass is 500 g/mol. The van der Waals surface area contributed by atoms with E-state index in [4.69, 9.17) is 16.4 Å². The molecule has 3 rings (SSSR count). The van der Waals surface area contributed by atoms with E-state index in [9.17, 15) is 9.18 Å². The van der Waals surface area contributed by atoms with Gasteiger partial charge in [0, 0.05) is 35.4 Å². The first-order chi connectivity index (χ1) is 16.8. The number of anilines is 1. The predicted molar refractivity (Wildman–Crippen MR) is 148 cm³/mol. The second kappa shape index (κ2) is 18.3. The molecule has 2 atom stereocenters. The fraction of sp³-hybridized carbons (Fsp3) is 0.310. The summed E-state index contributed by atoms with van der Waals surface area (Å²) in [4.78, 5) is 20.4. The maximum atomic E-state index is 12.1. The summed E-state index contributed by atoms with van der Waals surface area (Å²) in [6.45, 7) is 12.0. The van der Waals surface area contributed by atoms with Crippen LogP contribution >= 0.6 is 11.6 Å². The number of allylic oxidation sites excluding steroid dienone is 5. The molecule has 0 aromatic heterocycles. The Hall–Kier alpha value is -3.02. The smallest absolute Gasteiger partial charge is 0.150 e. The van der Waals surface area contributed by atoms with Crippen molar-refractivity contribution < 1.29 is 14.0 Å². The SMILES string of the molecule is C=C/C(Cl)=C\C=C(\C)CC.C=O.CNC1CC(C)N(C)c2ccccc21.O=Cc1ccc(F)cc1. The van der Waals surface area contributed by atoms with Gasteiger partial charge in [0.15, 0.2) is 0 Å². The van der Waals surface area contributed by atoms with E-state index in [0.29, 0.717) is 29.0 Å². The zero-order valence-electron chi connectivity index (χ0n) is 21.4. The van der Waals surface area contributed by atoms with Crippen LogP contribution in [0.2, 0.25) is 0 Å². The van der Waals surface area contributed by atoms with Gasteiger partial charge in [0.25, 0.3) is 0 Å². The van der Waals surface area contributed by atoms with E-state index in [1.165, 1.54) is 47.5 Å². The molecule has 190 valence electrons. The minimum Gasteiger partial charge on any atom is -0.372 e. The maximum absolute atomic E-state index is 12.1. The molecule has 0 bridgehead atoms. The Morgan fingerprint density at radius 1 is 1.17 bits per heavy atom. The number of halogens is 2. The molecule has 2 aromatic rings. The standard InChI is InChI=1S/C12H18N2.C9H13Cl.C7H5FO.CH2O/c1-9-8-11(13-2)10-6-4-5-7-12(10)14(9)3;1-4-8(3)6-7-9(10)5-2;8-7-3-1-6(5-9)2-4-7;1-2/h4-7,9,11,13H,8H2,1-3H3;5-7H,2,4H2,1,3H3;1-5H;1H2/b;8-6-,9-7+;;. The zero-order chi connectivity index (χ0) is 26.8.